The van der Waals surface area contributed by atoms with Gasteiger partial charge in [-0.3, -0.25) is 0 Å². The van der Waals surface area contributed by atoms with Crippen LogP contribution in [0.4, 0.5) is 9.93 Å². The molecule has 1 N–H and O–H groups in total. The van der Waals surface area contributed by atoms with Crippen LogP contribution in [0.15, 0.2) is 0 Å². The Bertz CT molecular complexity index is 577. The smallest absolute Gasteiger partial charge is 0.317 e. The highest BCUT2D eigenvalue weighted by Gasteiger charge is 2.42. The molecule has 4 heterocycles. The maximum Gasteiger partial charge on any atom is 0.317 e. The summed E-state index contributed by atoms with van der Waals surface area (Å²) in [6.07, 6.45) is 3.84. The van der Waals surface area contributed by atoms with Gasteiger partial charge in [-0.05, 0) is 33.1 Å². The zero-order valence-electron chi connectivity index (χ0n) is 13.7. The van der Waals surface area contributed by atoms with Crippen molar-refractivity contribution < 1.29 is 9.53 Å². The Morgan fingerprint density at radius 1 is 1.26 bits per heavy atom. The van der Waals surface area contributed by atoms with E-state index in [9.17, 15) is 4.79 Å². The number of fused-ring (bicyclic) bond motifs is 2. The Morgan fingerprint density at radius 3 is 2.61 bits per heavy atom. The fourth-order valence-electron chi connectivity index (χ4n) is 3.73. The van der Waals surface area contributed by atoms with Gasteiger partial charge in [0.2, 0.25) is 0 Å². The number of hydrogen-bond donors (Lipinski definition) is 1. The molecule has 0 aliphatic carbocycles. The predicted octanol–water partition coefficient (Wildman–Crippen LogP) is 1.91. The molecule has 7 heteroatoms. The molecule has 3 aliphatic heterocycles. The van der Waals surface area contributed by atoms with E-state index in [1.807, 2.05) is 4.90 Å². The number of nitrogens with one attached hydrogen (secondary N) is 1. The first-order chi connectivity index (χ1) is 11.1. The van der Waals surface area contributed by atoms with E-state index in [-0.39, 0.29) is 18.2 Å². The number of urea groups is 1. The predicted molar refractivity (Wildman–Crippen MR) is 90.2 cm³/mol. The van der Waals surface area contributed by atoms with Gasteiger partial charge in [-0.1, -0.05) is 0 Å². The van der Waals surface area contributed by atoms with Gasteiger partial charge in [0.15, 0.2) is 5.13 Å². The summed E-state index contributed by atoms with van der Waals surface area (Å²) in [4.78, 5) is 22.6. The monoisotopic (exact) mass is 336 g/mol. The number of hydrogen-bond acceptors (Lipinski definition) is 5. The molecule has 0 saturated carbocycles. The molecule has 3 atom stereocenters. The summed E-state index contributed by atoms with van der Waals surface area (Å²) < 4.78 is 5.81. The minimum atomic E-state index is 0.0669. The van der Waals surface area contributed by atoms with Crippen LogP contribution in [-0.4, -0.2) is 60.3 Å². The largest absolute Gasteiger partial charge is 0.373 e. The normalized spacial score (nSPS) is 30.1. The van der Waals surface area contributed by atoms with E-state index in [2.05, 4.69) is 29.0 Å². The van der Waals surface area contributed by atoms with Crippen molar-refractivity contribution in [3.05, 3.63) is 10.6 Å². The molecule has 0 spiro atoms. The molecule has 3 aliphatic rings. The van der Waals surface area contributed by atoms with E-state index in [0.717, 1.165) is 56.3 Å². The van der Waals surface area contributed by atoms with Crippen LogP contribution >= 0.6 is 11.3 Å². The summed E-state index contributed by atoms with van der Waals surface area (Å²) in [5.41, 5.74) is 1.11. The van der Waals surface area contributed by atoms with Crippen molar-refractivity contribution in [2.75, 3.05) is 31.1 Å². The third kappa shape index (κ3) is 2.92. The Hall–Kier alpha value is -1.34. The van der Waals surface area contributed by atoms with Gasteiger partial charge in [-0.15, -0.1) is 11.3 Å². The number of anilines is 1. The summed E-state index contributed by atoms with van der Waals surface area (Å²) >= 11 is 1.74. The van der Waals surface area contributed by atoms with Crippen molar-refractivity contribution in [2.24, 2.45) is 0 Å². The van der Waals surface area contributed by atoms with Crippen molar-refractivity contribution in [3.63, 3.8) is 0 Å². The molecular formula is C16H24N4O2S. The third-order valence-corrected chi connectivity index (χ3v) is 6.40. The second kappa shape index (κ2) is 5.94. The number of aromatic nitrogens is 1. The third-order valence-electron chi connectivity index (χ3n) is 5.27. The van der Waals surface area contributed by atoms with Gasteiger partial charge < -0.3 is 19.9 Å². The van der Waals surface area contributed by atoms with Gasteiger partial charge in [0.05, 0.1) is 23.9 Å². The van der Waals surface area contributed by atoms with Crippen molar-refractivity contribution in [1.29, 1.82) is 0 Å². The van der Waals surface area contributed by atoms with Crippen LogP contribution in [0, 0.1) is 13.8 Å². The lowest BCUT2D eigenvalue weighted by molar-refractivity contribution is 0.0969. The van der Waals surface area contributed by atoms with E-state index in [0.29, 0.717) is 6.10 Å². The average molecular weight is 336 g/mol. The Kier molecular flexibility index (Phi) is 3.93. The van der Waals surface area contributed by atoms with E-state index in [1.54, 1.807) is 11.3 Å². The van der Waals surface area contributed by atoms with Crippen LogP contribution in [0.5, 0.6) is 0 Å². The van der Waals surface area contributed by atoms with Gasteiger partial charge in [-0.2, -0.15) is 0 Å². The minimum absolute atomic E-state index is 0.0669. The van der Waals surface area contributed by atoms with Crippen molar-refractivity contribution in [2.45, 2.75) is 51.4 Å². The summed E-state index contributed by atoms with van der Waals surface area (Å²) in [5.74, 6) is 0. The number of carbonyl (C=O) groups is 1. The SMILES string of the molecule is Cc1nc(N2CCN(C(=O)N[C@@H]3C[C@H]4CC[C@@H]3O4)CC2)sc1C. The molecule has 2 amide bonds. The Balaban J connectivity index is 1.30. The maximum absolute atomic E-state index is 12.5. The molecule has 0 aromatic carbocycles. The second-order valence-electron chi connectivity index (χ2n) is 6.78. The summed E-state index contributed by atoms with van der Waals surface area (Å²) in [7, 11) is 0. The highest BCUT2D eigenvalue weighted by molar-refractivity contribution is 7.15. The highest BCUT2D eigenvalue weighted by Crippen LogP contribution is 2.34. The number of thiazole rings is 1. The quantitative estimate of drug-likeness (QED) is 0.896. The van der Waals surface area contributed by atoms with Crippen LogP contribution in [-0.2, 0) is 4.74 Å². The van der Waals surface area contributed by atoms with Crippen LogP contribution in [0.2, 0.25) is 0 Å². The summed E-state index contributed by atoms with van der Waals surface area (Å²) in [6, 6.07) is 0.279. The Labute approximate surface area is 140 Å². The molecule has 1 aromatic rings. The summed E-state index contributed by atoms with van der Waals surface area (Å²) in [5, 5.41) is 4.26. The van der Waals surface area contributed by atoms with Gasteiger partial charge >= 0.3 is 6.03 Å². The molecular weight excluding hydrogens is 312 g/mol. The van der Waals surface area contributed by atoms with Gasteiger partial charge in [0.25, 0.3) is 0 Å². The highest BCUT2D eigenvalue weighted by atomic mass is 32.1. The molecule has 3 saturated heterocycles. The number of rotatable bonds is 2. The molecule has 6 nitrogen and oxygen atoms in total. The topological polar surface area (TPSA) is 57.7 Å². The fourth-order valence-corrected chi connectivity index (χ4v) is 4.69. The van der Waals surface area contributed by atoms with E-state index in [4.69, 9.17) is 4.74 Å². The fraction of sp³-hybridized carbons (Fsp3) is 0.750. The number of amides is 2. The number of piperazine rings is 1. The van der Waals surface area contributed by atoms with Crippen LogP contribution in [0.3, 0.4) is 0 Å². The van der Waals surface area contributed by atoms with Crippen LogP contribution in [0.25, 0.3) is 0 Å². The molecule has 0 unspecified atom stereocenters. The first-order valence-electron chi connectivity index (χ1n) is 8.50. The van der Waals surface area contributed by atoms with E-state index < -0.39 is 0 Å². The van der Waals surface area contributed by atoms with Crippen LogP contribution in [0.1, 0.15) is 29.8 Å². The molecule has 126 valence electrons. The first kappa shape index (κ1) is 15.2. The number of aryl methyl sites for hydroxylation is 2. The lowest BCUT2D eigenvalue weighted by atomic mass is 9.96. The number of ether oxygens (including phenoxy) is 1. The van der Waals surface area contributed by atoms with Crippen molar-refractivity contribution >= 4 is 22.5 Å². The zero-order chi connectivity index (χ0) is 16.0. The molecule has 0 radical (unpaired) electrons. The lowest BCUT2D eigenvalue weighted by Crippen LogP contribution is -2.54. The van der Waals surface area contributed by atoms with Gasteiger partial charge in [-0.25, -0.2) is 9.78 Å². The molecule has 23 heavy (non-hydrogen) atoms. The minimum Gasteiger partial charge on any atom is -0.373 e. The number of carbonyl (C=O) groups excluding carboxylic acids is 1. The molecule has 4 rings (SSSR count). The summed E-state index contributed by atoms with van der Waals surface area (Å²) in [6.45, 7) is 7.38. The second-order valence-corrected chi connectivity index (χ2v) is 7.96. The zero-order valence-corrected chi connectivity index (χ0v) is 14.6. The van der Waals surface area contributed by atoms with Crippen molar-refractivity contribution in [3.8, 4) is 0 Å². The van der Waals surface area contributed by atoms with Crippen LogP contribution < -0.4 is 10.2 Å². The first-order valence-corrected chi connectivity index (χ1v) is 9.31. The van der Waals surface area contributed by atoms with Gasteiger partial charge in [0, 0.05) is 31.1 Å². The Morgan fingerprint density at radius 2 is 2.04 bits per heavy atom. The standard InChI is InChI=1S/C16H24N4O2S/c1-10-11(2)23-16(17-10)20-7-5-19(6-8-20)15(21)18-13-9-12-3-4-14(13)22-12/h12-14H,3-9H2,1-2H3,(H,18,21)/t12-,13-,14+/m1/s1. The maximum atomic E-state index is 12.5. The van der Waals surface area contributed by atoms with Crippen molar-refractivity contribution in [1.82, 2.24) is 15.2 Å². The lowest BCUT2D eigenvalue weighted by Gasteiger charge is -2.35. The molecule has 3 fully saturated rings. The molecule has 2 bridgehead atoms. The van der Waals surface area contributed by atoms with Gasteiger partial charge in [0.1, 0.15) is 0 Å². The van der Waals surface area contributed by atoms with E-state index in [1.165, 1.54) is 4.88 Å². The molecule has 1 aromatic heterocycles. The number of nitrogens with zero attached hydrogens (tertiary/aromatic N) is 3. The van der Waals surface area contributed by atoms with E-state index >= 15 is 0 Å². The average Bonchev–Trinajstić information content (AvgIpc) is 3.24.